The zero-order valence-electron chi connectivity index (χ0n) is 14.4. The number of ether oxygens (including phenoxy) is 1. The van der Waals surface area contributed by atoms with Crippen LogP contribution >= 0.6 is 0 Å². The van der Waals surface area contributed by atoms with Crippen LogP contribution in [0.3, 0.4) is 0 Å². The molecular weight excluding hydrogens is 383 g/mol. The number of nitro benzene ring substituents is 1. The summed E-state index contributed by atoms with van der Waals surface area (Å²) in [6.07, 6.45) is -4.57. The van der Waals surface area contributed by atoms with Crippen molar-refractivity contribution in [3.63, 3.8) is 0 Å². The third-order valence-electron chi connectivity index (χ3n) is 3.51. The Morgan fingerprint density at radius 1 is 1.18 bits per heavy atom. The number of anilines is 2. The summed E-state index contributed by atoms with van der Waals surface area (Å²) in [7, 11) is 1.47. The number of benzene rings is 2. The molecule has 0 radical (unpaired) electrons. The van der Waals surface area contributed by atoms with E-state index in [-0.39, 0.29) is 22.6 Å². The van der Waals surface area contributed by atoms with E-state index < -0.39 is 35.1 Å². The minimum atomic E-state index is -4.57. The van der Waals surface area contributed by atoms with Crippen molar-refractivity contribution in [1.82, 2.24) is 0 Å². The van der Waals surface area contributed by atoms with Crippen molar-refractivity contribution in [2.45, 2.75) is 6.18 Å². The average Bonchev–Trinajstić information content (AvgIpc) is 2.65. The minimum absolute atomic E-state index is 0.120. The first-order valence-corrected chi connectivity index (χ1v) is 7.72. The van der Waals surface area contributed by atoms with E-state index in [4.69, 9.17) is 4.74 Å². The van der Waals surface area contributed by atoms with Crippen LogP contribution in [0, 0.1) is 10.1 Å². The van der Waals surface area contributed by atoms with Crippen LogP contribution in [0.15, 0.2) is 42.5 Å². The van der Waals surface area contributed by atoms with Crippen LogP contribution in [0.4, 0.5) is 30.2 Å². The molecule has 11 heteroatoms. The van der Waals surface area contributed by atoms with Gasteiger partial charge in [0.15, 0.2) is 6.61 Å². The number of esters is 1. The van der Waals surface area contributed by atoms with E-state index in [2.05, 4.69) is 10.6 Å². The molecule has 0 aliphatic carbocycles. The second-order valence-corrected chi connectivity index (χ2v) is 5.44. The van der Waals surface area contributed by atoms with Crippen molar-refractivity contribution in [3.05, 3.63) is 63.7 Å². The number of halogens is 3. The highest BCUT2D eigenvalue weighted by molar-refractivity contribution is 5.96. The van der Waals surface area contributed by atoms with E-state index in [0.717, 1.165) is 24.3 Å². The third-order valence-corrected chi connectivity index (χ3v) is 3.51. The van der Waals surface area contributed by atoms with Gasteiger partial charge >= 0.3 is 12.1 Å². The molecule has 0 aromatic heterocycles. The normalized spacial score (nSPS) is 10.9. The van der Waals surface area contributed by atoms with Crippen LogP contribution < -0.4 is 10.6 Å². The van der Waals surface area contributed by atoms with Gasteiger partial charge < -0.3 is 15.4 Å². The average molecular weight is 397 g/mol. The highest BCUT2D eigenvalue weighted by Crippen LogP contribution is 2.30. The van der Waals surface area contributed by atoms with Gasteiger partial charge in [0.2, 0.25) is 0 Å². The predicted molar refractivity (Wildman–Crippen MR) is 93.0 cm³/mol. The molecule has 2 aromatic rings. The van der Waals surface area contributed by atoms with E-state index in [0.29, 0.717) is 0 Å². The van der Waals surface area contributed by atoms with Gasteiger partial charge in [-0.15, -0.1) is 0 Å². The summed E-state index contributed by atoms with van der Waals surface area (Å²) in [6.45, 7) is -0.781. The summed E-state index contributed by atoms with van der Waals surface area (Å²) < 4.78 is 42.7. The molecule has 0 spiro atoms. The Morgan fingerprint density at radius 2 is 1.89 bits per heavy atom. The number of hydrogen-bond acceptors (Lipinski definition) is 6. The minimum Gasteiger partial charge on any atom is -0.452 e. The first-order valence-electron chi connectivity index (χ1n) is 7.72. The molecular formula is C17H14F3N3O5. The summed E-state index contributed by atoms with van der Waals surface area (Å²) in [4.78, 5) is 34.1. The molecule has 1 amide bonds. The maximum absolute atomic E-state index is 12.7. The summed E-state index contributed by atoms with van der Waals surface area (Å²) in [5.41, 5.74) is -1.39. The molecule has 0 aliphatic rings. The number of nitrogens with zero attached hydrogens (tertiary/aromatic N) is 1. The number of nitro groups is 1. The second kappa shape index (κ2) is 8.37. The number of alkyl halides is 3. The van der Waals surface area contributed by atoms with Gasteiger partial charge in [0.1, 0.15) is 5.69 Å². The lowest BCUT2D eigenvalue weighted by Gasteiger charge is -2.10. The van der Waals surface area contributed by atoms with E-state index >= 15 is 0 Å². The summed E-state index contributed by atoms with van der Waals surface area (Å²) >= 11 is 0. The Bertz CT molecular complexity index is 915. The fraction of sp³-hybridized carbons (Fsp3) is 0.176. The molecule has 0 bridgehead atoms. The number of carbonyl (C=O) groups is 2. The quantitative estimate of drug-likeness (QED) is 0.439. The fourth-order valence-corrected chi connectivity index (χ4v) is 2.21. The molecule has 0 atom stereocenters. The maximum Gasteiger partial charge on any atom is 0.416 e. The van der Waals surface area contributed by atoms with Gasteiger partial charge in [-0.1, -0.05) is 6.07 Å². The Kier molecular flexibility index (Phi) is 6.18. The molecule has 0 saturated carbocycles. The highest BCUT2D eigenvalue weighted by atomic mass is 19.4. The first-order chi connectivity index (χ1) is 13.1. The van der Waals surface area contributed by atoms with Gasteiger partial charge in [0, 0.05) is 18.8 Å². The summed E-state index contributed by atoms with van der Waals surface area (Å²) in [6, 6.07) is 7.50. The second-order valence-electron chi connectivity index (χ2n) is 5.44. The van der Waals surface area contributed by atoms with Crippen LogP contribution in [0.5, 0.6) is 0 Å². The first kappa shape index (κ1) is 20.7. The van der Waals surface area contributed by atoms with Crippen molar-refractivity contribution in [2.24, 2.45) is 0 Å². The molecule has 0 heterocycles. The Balaban J connectivity index is 2.00. The molecule has 0 saturated heterocycles. The number of amides is 1. The predicted octanol–water partition coefficient (Wildman–Crippen LogP) is 3.45. The third kappa shape index (κ3) is 5.19. The Labute approximate surface area is 156 Å². The van der Waals surface area contributed by atoms with Crippen molar-refractivity contribution < 1.29 is 32.4 Å². The Morgan fingerprint density at radius 3 is 2.50 bits per heavy atom. The number of rotatable bonds is 6. The van der Waals surface area contributed by atoms with Crippen molar-refractivity contribution in [3.8, 4) is 0 Å². The maximum atomic E-state index is 12.7. The molecule has 148 valence electrons. The summed E-state index contributed by atoms with van der Waals surface area (Å²) in [5, 5.41) is 15.8. The van der Waals surface area contributed by atoms with Crippen LogP contribution in [0.1, 0.15) is 15.9 Å². The van der Waals surface area contributed by atoms with E-state index in [1.807, 2.05) is 0 Å². The topological polar surface area (TPSA) is 111 Å². The van der Waals surface area contributed by atoms with Gasteiger partial charge in [0.25, 0.3) is 11.6 Å². The van der Waals surface area contributed by atoms with Crippen LogP contribution in [0.25, 0.3) is 0 Å². The van der Waals surface area contributed by atoms with Crippen molar-refractivity contribution >= 4 is 28.9 Å². The smallest absolute Gasteiger partial charge is 0.416 e. The summed E-state index contributed by atoms with van der Waals surface area (Å²) in [5.74, 6) is -1.86. The molecule has 8 nitrogen and oxygen atoms in total. The number of hydrogen-bond donors (Lipinski definition) is 2. The zero-order chi connectivity index (χ0) is 20.9. The van der Waals surface area contributed by atoms with E-state index in [1.54, 1.807) is 0 Å². The Hall–Kier alpha value is -3.63. The van der Waals surface area contributed by atoms with Gasteiger partial charge in [0.05, 0.1) is 16.1 Å². The van der Waals surface area contributed by atoms with Gasteiger partial charge in [-0.2, -0.15) is 13.2 Å². The molecule has 28 heavy (non-hydrogen) atoms. The van der Waals surface area contributed by atoms with Gasteiger partial charge in [-0.3, -0.25) is 14.9 Å². The highest BCUT2D eigenvalue weighted by Gasteiger charge is 2.30. The van der Waals surface area contributed by atoms with Gasteiger partial charge in [-0.25, -0.2) is 4.79 Å². The van der Waals surface area contributed by atoms with E-state index in [1.165, 1.54) is 25.2 Å². The molecule has 0 unspecified atom stereocenters. The van der Waals surface area contributed by atoms with Crippen LogP contribution in [-0.4, -0.2) is 30.5 Å². The monoisotopic (exact) mass is 397 g/mol. The molecule has 0 fully saturated rings. The lowest BCUT2D eigenvalue weighted by Crippen LogP contribution is -2.21. The standard InChI is InChI=1S/C17H14F3N3O5/c1-21-13-6-5-10(7-14(13)23(26)27)16(25)28-9-15(24)22-12-4-2-3-11(8-12)17(18,19)20/h2-8,21H,9H2,1H3,(H,22,24). The van der Waals surface area contributed by atoms with Gasteiger partial charge in [-0.05, 0) is 30.3 Å². The fourth-order valence-electron chi connectivity index (χ4n) is 2.21. The molecule has 2 N–H and O–H groups in total. The van der Waals surface area contributed by atoms with Crippen molar-refractivity contribution in [2.75, 3.05) is 24.3 Å². The number of carbonyl (C=O) groups excluding carboxylic acids is 2. The largest absolute Gasteiger partial charge is 0.452 e. The molecule has 0 aliphatic heterocycles. The van der Waals surface area contributed by atoms with Crippen LogP contribution in [0.2, 0.25) is 0 Å². The number of nitrogens with one attached hydrogen (secondary N) is 2. The van der Waals surface area contributed by atoms with Crippen LogP contribution in [-0.2, 0) is 15.7 Å². The SMILES string of the molecule is CNc1ccc(C(=O)OCC(=O)Nc2cccc(C(F)(F)F)c2)cc1[N+](=O)[O-]. The van der Waals surface area contributed by atoms with Crippen molar-refractivity contribution in [1.29, 1.82) is 0 Å². The lowest BCUT2D eigenvalue weighted by molar-refractivity contribution is -0.384. The van der Waals surface area contributed by atoms with E-state index in [9.17, 15) is 32.9 Å². The molecule has 2 aromatic carbocycles. The molecule has 2 rings (SSSR count). The zero-order valence-corrected chi connectivity index (χ0v) is 14.4. The lowest BCUT2D eigenvalue weighted by atomic mass is 10.1.